The van der Waals surface area contributed by atoms with Gasteiger partial charge in [0, 0.05) is 26.2 Å². The lowest BCUT2D eigenvalue weighted by molar-refractivity contribution is 0.0519. The van der Waals surface area contributed by atoms with E-state index in [-0.39, 0.29) is 18.2 Å². The second-order valence-electron chi connectivity index (χ2n) is 9.15. The Labute approximate surface area is 236 Å². The van der Waals surface area contributed by atoms with Crippen LogP contribution >= 0.6 is 23.2 Å². The molecule has 11 heteroatoms. The third kappa shape index (κ3) is 5.42. The van der Waals surface area contributed by atoms with Crippen molar-refractivity contribution < 1.29 is 14.3 Å². The standard InChI is InChI=1S/C28H28Cl2N6O3/c1-3-8-24-19(17-31-36(24)18-9-6-5-7-10-18)27(37)35-13-11-34(12-14-35)26-25(28(38)39-4-2)32-22-15-20(29)21(30)16-23(22)33-26/h5-7,9-10,15-17H,3-4,8,11-14H2,1-2H3. The number of esters is 1. The molecule has 0 unspecified atom stereocenters. The fraction of sp³-hybridized carbons (Fsp3) is 0.321. The number of carbonyl (C=O) groups excluding carboxylic acids is 2. The van der Waals surface area contributed by atoms with Gasteiger partial charge in [0.1, 0.15) is 0 Å². The molecule has 2 aromatic carbocycles. The number of hydrogen-bond donors (Lipinski definition) is 0. The summed E-state index contributed by atoms with van der Waals surface area (Å²) in [6.07, 6.45) is 3.28. The normalized spacial score (nSPS) is 13.6. The maximum atomic E-state index is 13.6. The molecule has 202 valence electrons. The summed E-state index contributed by atoms with van der Waals surface area (Å²) >= 11 is 12.4. The third-order valence-electron chi connectivity index (χ3n) is 6.61. The van der Waals surface area contributed by atoms with Crippen LogP contribution in [0.4, 0.5) is 5.82 Å². The van der Waals surface area contributed by atoms with Gasteiger partial charge in [0.15, 0.2) is 11.5 Å². The average molecular weight is 567 g/mol. The summed E-state index contributed by atoms with van der Waals surface area (Å²) in [6.45, 7) is 5.86. The quantitative estimate of drug-likeness (QED) is 0.283. The number of hydrogen-bond acceptors (Lipinski definition) is 7. The fourth-order valence-corrected chi connectivity index (χ4v) is 5.03. The minimum Gasteiger partial charge on any atom is -0.461 e. The van der Waals surface area contributed by atoms with E-state index in [1.54, 1.807) is 25.3 Å². The smallest absolute Gasteiger partial charge is 0.360 e. The Balaban J connectivity index is 1.40. The number of nitrogens with zero attached hydrogens (tertiary/aromatic N) is 6. The summed E-state index contributed by atoms with van der Waals surface area (Å²) < 4.78 is 7.10. The first-order chi connectivity index (χ1) is 18.9. The molecule has 5 rings (SSSR count). The first-order valence-electron chi connectivity index (χ1n) is 12.9. The average Bonchev–Trinajstić information content (AvgIpc) is 3.37. The van der Waals surface area contributed by atoms with Gasteiger partial charge in [0.25, 0.3) is 5.91 Å². The van der Waals surface area contributed by atoms with E-state index in [1.165, 1.54) is 0 Å². The monoisotopic (exact) mass is 566 g/mol. The lowest BCUT2D eigenvalue weighted by atomic mass is 10.1. The number of para-hydroxylation sites is 1. The largest absolute Gasteiger partial charge is 0.461 e. The van der Waals surface area contributed by atoms with Crippen molar-refractivity contribution >= 4 is 51.9 Å². The van der Waals surface area contributed by atoms with Crippen molar-refractivity contribution in [1.29, 1.82) is 0 Å². The minimum absolute atomic E-state index is 0.0584. The molecule has 4 aromatic rings. The summed E-state index contributed by atoms with van der Waals surface area (Å²) in [6, 6.07) is 13.0. The topological polar surface area (TPSA) is 93.5 Å². The van der Waals surface area contributed by atoms with Gasteiger partial charge in [-0.2, -0.15) is 5.10 Å². The Morgan fingerprint density at radius 2 is 1.62 bits per heavy atom. The molecule has 1 saturated heterocycles. The van der Waals surface area contributed by atoms with E-state index < -0.39 is 5.97 Å². The molecule has 1 fully saturated rings. The number of ether oxygens (including phenoxy) is 1. The number of piperazine rings is 1. The Morgan fingerprint density at radius 1 is 0.949 bits per heavy atom. The van der Waals surface area contributed by atoms with Gasteiger partial charge in [-0.25, -0.2) is 19.4 Å². The van der Waals surface area contributed by atoms with E-state index >= 15 is 0 Å². The molecule has 0 spiro atoms. The van der Waals surface area contributed by atoms with Gasteiger partial charge in [-0.15, -0.1) is 0 Å². The van der Waals surface area contributed by atoms with Crippen LogP contribution in [0.5, 0.6) is 0 Å². The lowest BCUT2D eigenvalue weighted by Crippen LogP contribution is -2.49. The molecule has 1 aliphatic heterocycles. The third-order valence-corrected chi connectivity index (χ3v) is 7.33. The SMILES string of the molecule is CCCc1c(C(=O)N2CCN(c3nc4cc(Cl)c(Cl)cc4nc3C(=O)OCC)CC2)cnn1-c1ccccc1. The van der Waals surface area contributed by atoms with Crippen molar-refractivity contribution in [2.24, 2.45) is 0 Å². The second-order valence-corrected chi connectivity index (χ2v) is 9.97. The Kier molecular flexibility index (Phi) is 7.99. The molecule has 0 N–H and O–H groups in total. The fourth-order valence-electron chi connectivity index (χ4n) is 4.71. The van der Waals surface area contributed by atoms with Crippen LogP contribution in [0.25, 0.3) is 16.7 Å². The van der Waals surface area contributed by atoms with Gasteiger partial charge in [-0.3, -0.25) is 4.79 Å². The van der Waals surface area contributed by atoms with Crippen molar-refractivity contribution in [3.63, 3.8) is 0 Å². The van der Waals surface area contributed by atoms with E-state index in [4.69, 9.17) is 32.9 Å². The zero-order chi connectivity index (χ0) is 27.5. The van der Waals surface area contributed by atoms with Gasteiger partial charge in [0.05, 0.1) is 50.8 Å². The summed E-state index contributed by atoms with van der Waals surface area (Å²) in [5.41, 5.74) is 3.51. The number of halogens is 2. The molecule has 39 heavy (non-hydrogen) atoms. The molecule has 0 saturated carbocycles. The number of fused-ring (bicyclic) bond motifs is 1. The molecule has 0 radical (unpaired) electrons. The zero-order valence-corrected chi connectivity index (χ0v) is 23.2. The molecule has 2 aromatic heterocycles. The van der Waals surface area contributed by atoms with Crippen LogP contribution in [0, 0.1) is 0 Å². The predicted octanol–water partition coefficient (Wildman–Crippen LogP) is 5.21. The Morgan fingerprint density at radius 3 is 2.26 bits per heavy atom. The second kappa shape index (κ2) is 11.6. The molecule has 9 nitrogen and oxygen atoms in total. The van der Waals surface area contributed by atoms with Crippen LogP contribution in [0.1, 0.15) is 46.8 Å². The highest BCUT2D eigenvalue weighted by Gasteiger charge is 2.30. The zero-order valence-electron chi connectivity index (χ0n) is 21.7. The van der Waals surface area contributed by atoms with E-state index in [2.05, 4.69) is 17.0 Å². The number of aromatic nitrogens is 4. The van der Waals surface area contributed by atoms with Crippen molar-refractivity contribution in [3.05, 3.63) is 75.7 Å². The van der Waals surface area contributed by atoms with Crippen LogP contribution in [0.3, 0.4) is 0 Å². The lowest BCUT2D eigenvalue weighted by Gasteiger charge is -2.35. The molecule has 1 aliphatic rings. The van der Waals surface area contributed by atoms with Crippen LogP contribution < -0.4 is 4.90 Å². The number of benzene rings is 2. The van der Waals surface area contributed by atoms with E-state index in [1.807, 2.05) is 44.8 Å². The highest BCUT2D eigenvalue weighted by molar-refractivity contribution is 6.42. The highest BCUT2D eigenvalue weighted by Crippen LogP contribution is 2.30. The van der Waals surface area contributed by atoms with Crippen molar-refractivity contribution in [2.75, 3.05) is 37.7 Å². The maximum absolute atomic E-state index is 13.6. The highest BCUT2D eigenvalue weighted by atomic mass is 35.5. The van der Waals surface area contributed by atoms with Gasteiger partial charge < -0.3 is 14.5 Å². The number of carbonyl (C=O) groups is 2. The molecular formula is C28H28Cl2N6O3. The van der Waals surface area contributed by atoms with Crippen LogP contribution in [-0.2, 0) is 11.2 Å². The van der Waals surface area contributed by atoms with Crippen LogP contribution in [-0.4, -0.2) is 69.3 Å². The van der Waals surface area contributed by atoms with Crippen LogP contribution in [0.2, 0.25) is 10.0 Å². The van der Waals surface area contributed by atoms with Crippen molar-refractivity contribution in [3.8, 4) is 5.69 Å². The molecule has 3 heterocycles. The van der Waals surface area contributed by atoms with E-state index in [9.17, 15) is 9.59 Å². The molecular weight excluding hydrogens is 539 g/mol. The van der Waals surface area contributed by atoms with Gasteiger partial charge in [0.2, 0.25) is 0 Å². The van der Waals surface area contributed by atoms with E-state index in [0.717, 1.165) is 24.2 Å². The van der Waals surface area contributed by atoms with E-state index in [0.29, 0.717) is 58.6 Å². The van der Waals surface area contributed by atoms with Crippen LogP contribution in [0.15, 0.2) is 48.7 Å². The van der Waals surface area contributed by atoms with Gasteiger partial charge >= 0.3 is 5.97 Å². The number of anilines is 1. The summed E-state index contributed by atoms with van der Waals surface area (Å²) in [5, 5.41) is 5.22. The van der Waals surface area contributed by atoms with Gasteiger partial charge in [-0.1, -0.05) is 54.7 Å². The first-order valence-corrected chi connectivity index (χ1v) is 13.7. The summed E-state index contributed by atoms with van der Waals surface area (Å²) in [7, 11) is 0. The van der Waals surface area contributed by atoms with Crippen molar-refractivity contribution in [2.45, 2.75) is 26.7 Å². The maximum Gasteiger partial charge on any atom is 0.360 e. The Hall–Kier alpha value is -3.69. The number of rotatable bonds is 7. The number of amides is 1. The minimum atomic E-state index is -0.566. The summed E-state index contributed by atoms with van der Waals surface area (Å²) in [4.78, 5) is 39.4. The Bertz CT molecular complexity index is 1520. The first kappa shape index (κ1) is 26.9. The molecule has 0 aliphatic carbocycles. The molecule has 0 atom stereocenters. The van der Waals surface area contributed by atoms with Crippen molar-refractivity contribution in [1.82, 2.24) is 24.6 Å². The summed E-state index contributed by atoms with van der Waals surface area (Å²) in [5.74, 6) is -0.226. The molecule has 0 bridgehead atoms. The predicted molar refractivity (Wildman–Crippen MR) is 151 cm³/mol. The molecule has 1 amide bonds. The van der Waals surface area contributed by atoms with Gasteiger partial charge in [-0.05, 0) is 37.6 Å².